The minimum absolute atomic E-state index is 0.128. The number of thioether (sulfide) groups is 1. The minimum Gasteiger partial charge on any atom is -0.355 e. The molecule has 6 nitrogen and oxygen atoms in total. The Hall–Kier alpha value is -2.19. The molecule has 31 heavy (non-hydrogen) atoms. The Labute approximate surface area is 192 Å². The van der Waals surface area contributed by atoms with Crippen molar-refractivity contribution in [1.82, 2.24) is 14.3 Å². The van der Waals surface area contributed by atoms with Gasteiger partial charge in [0.15, 0.2) is 0 Å². The molecule has 0 unspecified atom stereocenters. The number of carbonyl (C=O) groups excluding carboxylic acids is 1. The number of carbonyl (C=O) groups is 1. The molecule has 2 fully saturated rings. The number of thiocarbonyl (C=S) groups is 1. The normalized spacial score (nSPS) is 23.4. The van der Waals surface area contributed by atoms with Crippen LogP contribution in [0.3, 0.4) is 0 Å². The van der Waals surface area contributed by atoms with Gasteiger partial charge >= 0.3 is 0 Å². The summed E-state index contributed by atoms with van der Waals surface area (Å²) in [5.74, 6) is 1.56. The van der Waals surface area contributed by atoms with Crippen molar-refractivity contribution >= 4 is 51.7 Å². The summed E-state index contributed by atoms with van der Waals surface area (Å²) < 4.78 is 2.12. The van der Waals surface area contributed by atoms with Crippen LogP contribution in [0.4, 0.5) is 5.82 Å². The fourth-order valence-corrected chi connectivity index (χ4v) is 5.79. The third kappa shape index (κ3) is 4.28. The second-order valence-corrected chi connectivity index (χ2v) is 10.4. The molecule has 0 N–H and O–H groups in total. The molecule has 2 aromatic rings. The molecule has 0 spiro atoms. The SMILES string of the molecule is CCCN1C(=O)/C(=C/c2c(N3C[C@H](C)C[C@@H](C)C3)nc3ccc(C)cn3c2=O)SC1=S. The van der Waals surface area contributed by atoms with Crippen LogP contribution in [0.1, 0.15) is 44.7 Å². The monoisotopic (exact) mass is 456 g/mol. The molecule has 2 aliphatic heterocycles. The second-order valence-electron chi connectivity index (χ2n) is 8.77. The summed E-state index contributed by atoms with van der Waals surface area (Å²) in [5.41, 5.74) is 1.90. The van der Waals surface area contributed by atoms with Gasteiger partial charge in [-0.05, 0) is 49.3 Å². The van der Waals surface area contributed by atoms with E-state index in [0.29, 0.717) is 44.6 Å². The number of fused-ring (bicyclic) bond motifs is 1. The largest absolute Gasteiger partial charge is 0.355 e. The van der Waals surface area contributed by atoms with Gasteiger partial charge in [-0.2, -0.15) is 0 Å². The summed E-state index contributed by atoms with van der Waals surface area (Å²) in [6, 6.07) is 3.84. The summed E-state index contributed by atoms with van der Waals surface area (Å²) in [5, 5.41) is 0. The predicted molar refractivity (Wildman–Crippen MR) is 132 cm³/mol. The molecule has 164 valence electrons. The molecule has 0 radical (unpaired) electrons. The zero-order valence-corrected chi connectivity index (χ0v) is 20.1. The number of hydrogen-bond acceptors (Lipinski definition) is 6. The van der Waals surface area contributed by atoms with Crippen LogP contribution in [0, 0.1) is 18.8 Å². The van der Waals surface area contributed by atoms with Gasteiger partial charge in [0.2, 0.25) is 0 Å². The van der Waals surface area contributed by atoms with Gasteiger partial charge in [-0.25, -0.2) is 4.98 Å². The number of hydrogen-bond donors (Lipinski definition) is 0. The fraction of sp³-hybridized carbons (Fsp3) is 0.478. The van der Waals surface area contributed by atoms with Gasteiger partial charge in [-0.3, -0.25) is 18.9 Å². The lowest BCUT2D eigenvalue weighted by atomic mass is 9.91. The maximum atomic E-state index is 13.6. The summed E-state index contributed by atoms with van der Waals surface area (Å²) in [4.78, 5) is 35.7. The zero-order chi connectivity index (χ0) is 22.3. The van der Waals surface area contributed by atoms with E-state index in [0.717, 1.165) is 31.5 Å². The van der Waals surface area contributed by atoms with Gasteiger partial charge in [0, 0.05) is 25.8 Å². The molecule has 4 rings (SSSR count). The molecule has 2 saturated heterocycles. The molecule has 2 atom stereocenters. The lowest BCUT2D eigenvalue weighted by molar-refractivity contribution is -0.122. The first-order valence-corrected chi connectivity index (χ1v) is 12.0. The molecule has 0 aromatic carbocycles. The van der Waals surface area contributed by atoms with Crippen molar-refractivity contribution in [1.29, 1.82) is 0 Å². The first kappa shape index (κ1) is 22.0. The highest BCUT2D eigenvalue weighted by molar-refractivity contribution is 8.26. The van der Waals surface area contributed by atoms with Crippen LogP contribution >= 0.6 is 24.0 Å². The lowest BCUT2D eigenvalue weighted by Crippen LogP contribution is -2.40. The summed E-state index contributed by atoms with van der Waals surface area (Å²) in [6.07, 6.45) is 5.50. The van der Waals surface area contributed by atoms with E-state index in [1.54, 1.807) is 21.6 Å². The number of aryl methyl sites for hydroxylation is 1. The summed E-state index contributed by atoms with van der Waals surface area (Å²) in [6.45, 7) is 10.7. The van der Waals surface area contributed by atoms with Gasteiger partial charge < -0.3 is 4.90 Å². The first-order valence-electron chi connectivity index (χ1n) is 10.8. The molecule has 1 amide bonds. The third-order valence-electron chi connectivity index (χ3n) is 5.75. The molecule has 2 aliphatic rings. The van der Waals surface area contributed by atoms with Crippen LogP contribution in [-0.2, 0) is 4.79 Å². The van der Waals surface area contributed by atoms with E-state index in [2.05, 4.69) is 18.7 Å². The van der Waals surface area contributed by atoms with E-state index in [1.165, 1.54) is 11.8 Å². The second kappa shape index (κ2) is 8.74. The Balaban J connectivity index is 1.88. The van der Waals surface area contributed by atoms with Crippen molar-refractivity contribution in [3.05, 3.63) is 44.7 Å². The number of pyridine rings is 1. The number of anilines is 1. The summed E-state index contributed by atoms with van der Waals surface area (Å²) in [7, 11) is 0. The Kier molecular flexibility index (Phi) is 6.21. The highest BCUT2D eigenvalue weighted by atomic mass is 32.2. The van der Waals surface area contributed by atoms with Crippen LogP contribution < -0.4 is 10.5 Å². The molecular weight excluding hydrogens is 428 g/mol. The Morgan fingerprint density at radius 1 is 1.23 bits per heavy atom. The van der Waals surface area contributed by atoms with E-state index in [4.69, 9.17) is 17.2 Å². The smallest absolute Gasteiger partial charge is 0.267 e. The molecular formula is C23H28N4O2S2. The van der Waals surface area contributed by atoms with Gasteiger partial charge in [0.05, 0.1) is 10.5 Å². The van der Waals surface area contributed by atoms with E-state index in [9.17, 15) is 9.59 Å². The van der Waals surface area contributed by atoms with Gasteiger partial charge in [-0.15, -0.1) is 0 Å². The molecule has 0 aliphatic carbocycles. The van der Waals surface area contributed by atoms with Crippen molar-refractivity contribution in [2.45, 2.75) is 40.5 Å². The highest BCUT2D eigenvalue weighted by Crippen LogP contribution is 2.34. The van der Waals surface area contributed by atoms with Crippen molar-refractivity contribution in [3.8, 4) is 0 Å². The molecule has 0 bridgehead atoms. The number of piperidine rings is 1. The van der Waals surface area contributed by atoms with E-state index in [-0.39, 0.29) is 11.5 Å². The van der Waals surface area contributed by atoms with Crippen LogP contribution in [0.5, 0.6) is 0 Å². The fourth-order valence-electron chi connectivity index (χ4n) is 4.50. The van der Waals surface area contributed by atoms with Gasteiger partial charge in [0.25, 0.3) is 11.5 Å². The van der Waals surface area contributed by atoms with Crippen molar-refractivity contribution < 1.29 is 4.79 Å². The zero-order valence-electron chi connectivity index (χ0n) is 18.4. The third-order valence-corrected chi connectivity index (χ3v) is 7.13. The minimum atomic E-state index is -0.157. The van der Waals surface area contributed by atoms with Crippen LogP contribution in [0.15, 0.2) is 28.0 Å². The Morgan fingerprint density at radius 3 is 2.61 bits per heavy atom. The number of amides is 1. The van der Waals surface area contributed by atoms with Crippen LogP contribution in [0.2, 0.25) is 0 Å². The maximum Gasteiger partial charge on any atom is 0.267 e. The van der Waals surface area contributed by atoms with Crippen molar-refractivity contribution in [2.75, 3.05) is 24.5 Å². The van der Waals surface area contributed by atoms with Crippen LogP contribution in [0.25, 0.3) is 11.7 Å². The number of nitrogens with zero attached hydrogens (tertiary/aromatic N) is 4. The molecule has 8 heteroatoms. The quantitative estimate of drug-likeness (QED) is 0.510. The number of aromatic nitrogens is 2. The first-order chi connectivity index (χ1) is 14.8. The van der Waals surface area contributed by atoms with E-state index < -0.39 is 0 Å². The standard InChI is InChI=1S/C23H28N4O2S2/c1-5-8-26-22(29)18(31-23(26)30)10-17-20(25-11-15(3)9-16(4)12-25)24-19-7-6-14(2)13-27(19)21(17)28/h6-7,10,13,15-16H,5,8-9,11-12H2,1-4H3/b18-10-/t15-,16-/m1/s1. The van der Waals surface area contributed by atoms with Crippen molar-refractivity contribution in [3.63, 3.8) is 0 Å². The average Bonchev–Trinajstić information content (AvgIpc) is 2.97. The Bertz CT molecular complexity index is 1130. The van der Waals surface area contributed by atoms with E-state index >= 15 is 0 Å². The predicted octanol–water partition coefficient (Wildman–Crippen LogP) is 4.10. The lowest BCUT2D eigenvalue weighted by Gasteiger charge is -2.36. The van der Waals surface area contributed by atoms with Gasteiger partial charge in [-0.1, -0.05) is 50.8 Å². The van der Waals surface area contributed by atoms with Crippen molar-refractivity contribution in [2.24, 2.45) is 11.8 Å². The maximum absolute atomic E-state index is 13.6. The van der Waals surface area contributed by atoms with Gasteiger partial charge in [0.1, 0.15) is 15.8 Å². The average molecular weight is 457 g/mol. The molecule has 4 heterocycles. The highest BCUT2D eigenvalue weighted by Gasteiger charge is 2.33. The summed E-state index contributed by atoms with van der Waals surface area (Å²) >= 11 is 6.67. The number of rotatable bonds is 4. The van der Waals surface area contributed by atoms with Crippen LogP contribution in [-0.4, -0.2) is 44.1 Å². The topological polar surface area (TPSA) is 57.9 Å². The Morgan fingerprint density at radius 2 is 1.94 bits per heavy atom. The molecule has 0 saturated carbocycles. The molecule has 2 aromatic heterocycles. The van der Waals surface area contributed by atoms with E-state index in [1.807, 2.05) is 26.0 Å².